The van der Waals surface area contributed by atoms with Gasteiger partial charge in [0.05, 0.1) is 13.2 Å². The van der Waals surface area contributed by atoms with Crippen molar-refractivity contribution in [2.75, 3.05) is 31.6 Å². The molecule has 1 aromatic carbocycles. The Bertz CT molecular complexity index is 522. The molecule has 0 aromatic heterocycles. The molecule has 1 aromatic rings. The minimum Gasteiger partial charge on any atom is -0.378 e. The monoisotopic (exact) mass is 302 g/mol. The highest BCUT2D eigenvalue weighted by Gasteiger charge is 2.38. The number of nitrogens with one attached hydrogen (secondary N) is 1. The quantitative estimate of drug-likeness (QED) is 0.904. The molecule has 0 unspecified atom stereocenters. The average Bonchev–Trinajstić information content (AvgIpc) is 2.47. The minimum atomic E-state index is -4.94. The molecule has 1 aliphatic rings. The van der Waals surface area contributed by atoms with Crippen LogP contribution in [0.5, 0.6) is 0 Å². The number of morpholine rings is 1. The van der Waals surface area contributed by atoms with Crippen LogP contribution in [0.15, 0.2) is 24.3 Å². The number of carbonyl (C=O) groups excluding carboxylic acids is 2. The first-order valence-electron chi connectivity index (χ1n) is 6.23. The molecule has 0 radical (unpaired) electrons. The maximum Gasteiger partial charge on any atom is 0.471 e. The third kappa shape index (κ3) is 3.94. The second-order valence-corrected chi connectivity index (χ2v) is 4.43. The van der Waals surface area contributed by atoms with Crippen molar-refractivity contribution in [3.05, 3.63) is 29.8 Å². The van der Waals surface area contributed by atoms with Crippen LogP contribution in [0.3, 0.4) is 0 Å². The number of benzene rings is 1. The summed E-state index contributed by atoms with van der Waals surface area (Å²) in [7, 11) is 0. The van der Waals surface area contributed by atoms with Crippen LogP contribution in [0.4, 0.5) is 18.9 Å². The molecule has 21 heavy (non-hydrogen) atoms. The number of rotatable bonds is 2. The zero-order chi connectivity index (χ0) is 15.5. The molecule has 0 aliphatic carbocycles. The maximum atomic E-state index is 12.1. The van der Waals surface area contributed by atoms with E-state index in [2.05, 4.69) is 0 Å². The van der Waals surface area contributed by atoms with Gasteiger partial charge in [0.1, 0.15) is 0 Å². The van der Waals surface area contributed by atoms with Crippen LogP contribution in [0.1, 0.15) is 10.4 Å². The largest absolute Gasteiger partial charge is 0.471 e. The topological polar surface area (TPSA) is 58.6 Å². The van der Waals surface area contributed by atoms with Crippen molar-refractivity contribution in [2.45, 2.75) is 6.18 Å². The van der Waals surface area contributed by atoms with Crippen molar-refractivity contribution < 1.29 is 27.5 Å². The number of hydrogen-bond donors (Lipinski definition) is 1. The second-order valence-electron chi connectivity index (χ2n) is 4.43. The summed E-state index contributed by atoms with van der Waals surface area (Å²) in [5.41, 5.74) is 0.331. The molecule has 1 saturated heterocycles. The number of anilines is 1. The number of carbonyl (C=O) groups is 2. The zero-order valence-electron chi connectivity index (χ0n) is 10.9. The van der Waals surface area contributed by atoms with E-state index < -0.39 is 12.1 Å². The lowest BCUT2D eigenvalue weighted by Gasteiger charge is -2.26. The van der Waals surface area contributed by atoms with E-state index >= 15 is 0 Å². The van der Waals surface area contributed by atoms with Crippen LogP contribution in [0.2, 0.25) is 0 Å². The number of amides is 2. The molecule has 2 rings (SSSR count). The Labute approximate surface area is 118 Å². The van der Waals surface area contributed by atoms with Crippen LogP contribution >= 0.6 is 0 Å². The molecule has 0 saturated carbocycles. The van der Waals surface area contributed by atoms with Crippen LogP contribution in [-0.2, 0) is 9.53 Å². The van der Waals surface area contributed by atoms with Gasteiger partial charge in [0.2, 0.25) is 0 Å². The first-order valence-corrected chi connectivity index (χ1v) is 6.23. The van der Waals surface area contributed by atoms with E-state index in [1.54, 1.807) is 10.2 Å². The number of ether oxygens (including phenoxy) is 1. The second kappa shape index (κ2) is 6.13. The lowest BCUT2D eigenvalue weighted by molar-refractivity contribution is -0.167. The molecule has 114 valence electrons. The molecule has 1 aliphatic heterocycles. The van der Waals surface area contributed by atoms with Gasteiger partial charge in [-0.25, -0.2) is 0 Å². The summed E-state index contributed by atoms with van der Waals surface area (Å²) in [5, 5.41) is 1.72. The van der Waals surface area contributed by atoms with Gasteiger partial charge >= 0.3 is 12.1 Å². The lowest BCUT2D eigenvalue weighted by atomic mass is 10.1. The third-order valence-corrected chi connectivity index (χ3v) is 2.95. The molecule has 5 nitrogen and oxygen atoms in total. The fourth-order valence-electron chi connectivity index (χ4n) is 1.85. The fraction of sp³-hybridized carbons (Fsp3) is 0.385. The molecular formula is C13H13F3N2O3. The number of nitrogens with zero attached hydrogens (tertiary/aromatic N) is 1. The van der Waals surface area contributed by atoms with E-state index in [-0.39, 0.29) is 11.6 Å². The normalized spacial score (nSPS) is 15.7. The Morgan fingerprint density at radius 2 is 1.67 bits per heavy atom. The Morgan fingerprint density at radius 1 is 1.10 bits per heavy atom. The number of hydrogen-bond acceptors (Lipinski definition) is 3. The standard InChI is InChI=1S/C13H13F3N2O3/c14-13(15,16)12(20)17-10-3-1-9(2-4-10)11(19)18-5-7-21-8-6-18/h1-4H,5-8H2,(H,17,20). The first kappa shape index (κ1) is 15.3. The van der Waals surface area contributed by atoms with Gasteiger partial charge in [0.15, 0.2) is 0 Å². The van der Waals surface area contributed by atoms with E-state index in [1.165, 1.54) is 24.3 Å². The van der Waals surface area contributed by atoms with Crippen molar-refractivity contribution in [3.63, 3.8) is 0 Å². The molecule has 8 heteroatoms. The SMILES string of the molecule is O=C(c1ccc(NC(=O)C(F)(F)F)cc1)N1CCOCC1. The molecule has 1 N–H and O–H groups in total. The molecule has 0 bridgehead atoms. The number of alkyl halides is 3. The predicted molar refractivity (Wildman–Crippen MR) is 67.8 cm³/mol. The van der Waals surface area contributed by atoms with Crippen molar-refractivity contribution in [3.8, 4) is 0 Å². The summed E-state index contributed by atoms with van der Waals surface area (Å²) in [4.78, 5) is 24.5. The average molecular weight is 302 g/mol. The highest BCUT2D eigenvalue weighted by Crippen LogP contribution is 2.19. The summed E-state index contributed by atoms with van der Waals surface area (Å²) < 4.78 is 41.4. The molecular weight excluding hydrogens is 289 g/mol. The summed E-state index contributed by atoms with van der Waals surface area (Å²) >= 11 is 0. The Hall–Kier alpha value is -2.09. The van der Waals surface area contributed by atoms with Gasteiger partial charge in [-0.3, -0.25) is 9.59 Å². The third-order valence-electron chi connectivity index (χ3n) is 2.95. The van der Waals surface area contributed by atoms with Gasteiger partial charge < -0.3 is 15.0 Å². The summed E-state index contributed by atoms with van der Waals surface area (Å²) in [5.74, 6) is -2.26. The van der Waals surface area contributed by atoms with Crippen molar-refractivity contribution >= 4 is 17.5 Å². The predicted octanol–water partition coefficient (Wildman–Crippen LogP) is 1.66. The maximum absolute atomic E-state index is 12.1. The highest BCUT2D eigenvalue weighted by atomic mass is 19.4. The molecule has 0 spiro atoms. The Morgan fingerprint density at radius 3 is 2.19 bits per heavy atom. The summed E-state index contributed by atoms with van der Waals surface area (Å²) in [6.45, 7) is 1.88. The van der Waals surface area contributed by atoms with Gasteiger partial charge in [-0.05, 0) is 24.3 Å². The molecule has 2 amide bonds. The lowest BCUT2D eigenvalue weighted by Crippen LogP contribution is -2.40. The van der Waals surface area contributed by atoms with Crippen molar-refractivity contribution in [1.82, 2.24) is 4.90 Å². The Balaban J connectivity index is 2.01. The summed E-state index contributed by atoms with van der Waals surface area (Å²) in [6, 6.07) is 5.28. The molecule has 0 atom stereocenters. The van der Waals surface area contributed by atoms with Gasteiger partial charge in [-0.15, -0.1) is 0 Å². The van der Waals surface area contributed by atoms with Crippen LogP contribution in [0, 0.1) is 0 Å². The van der Waals surface area contributed by atoms with Gasteiger partial charge in [-0.1, -0.05) is 0 Å². The fourth-order valence-corrected chi connectivity index (χ4v) is 1.85. The highest BCUT2D eigenvalue weighted by molar-refractivity contribution is 5.97. The van der Waals surface area contributed by atoms with Crippen LogP contribution in [0.25, 0.3) is 0 Å². The molecule has 1 fully saturated rings. The zero-order valence-corrected chi connectivity index (χ0v) is 10.9. The van der Waals surface area contributed by atoms with Crippen molar-refractivity contribution in [2.24, 2.45) is 0 Å². The Kier molecular flexibility index (Phi) is 4.46. The smallest absolute Gasteiger partial charge is 0.378 e. The first-order chi connectivity index (χ1) is 9.88. The van der Waals surface area contributed by atoms with Gasteiger partial charge in [0.25, 0.3) is 5.91 Å². The van der Waals surface area contributed by atoms with E-state index in [9.17, 15) is 22.8 Å². The van der Waals surface area contributed by atoms with E-state index in [0.29, 0.717) is 31.9 Å². The molecule has 1 heterocycles. The van der Waals surface area contributed by atoms with Crippen LogP contribution in [-0.4, -0.2) is 49.2 Å². The van der Waals surface area contributed by atoms with Crippen molar-refractivity contribution in [1.29, 1.82) is 0 Å². The van der Waals surface area contributed by atoms with Gasteiger partial charge in [0, 0.05) is 24.3 Å². The van der Waals surface area contributed by atoms with Gasteiger partial charge in [-0.2, -0.15) is 13.2 Å². The van der Waals surface area contributed by atoms with E-state index in [4.69, 9.17) is 4.74 Å². The van der Waals surface area contributed by atoms with E-state index in [1.807, 2.05) is 0 Å². The van der Waals surface area contributed by atoms with Crippen LogP contribution < -0.4 is 5.32 Å². The minimum absolute atomic E-state index is 0.0177. The summed E-state index contributed by atoms with van der Waals surface area (Å²) in [6.07, 6.45) is -4.94. The number of halogens is 3. The van der Waals surface area contributed by atoms with E-state index in [0.717, 1.165) is 0 Å².